The second-order valence-corrected chi connectivity index (χ2v) is 7.34. The summed E-state index contributed by atoms with van der Waals surface area (Å²) in [6.07, 6.45) is 0.0866. The summed E-state index contributed by atoms with van der Waals surface area (Å²) in [6, 6.07) is 13.4. The van der Waals surface area contributed by atoms with Crippen molar-refractivity contribution in [2.45, 2.75) is 13.0 Å². The van der Waals surface area contributed by atoms with Crippen LogP contribution in [0.5, 0.6) is 0 Å². The first-order valence-corrected chi connectivity index (χ1v) is 9.47. The van der Waals surface area contributed by atoms with Gasteiger partial charge in [-0.15, -0.1) is 0 Å². The largest absolute Gasteiger partial charge is 0.337 e. The molecule has 7 heteroatoms. The molecule has 2 aromatic carbocycles. The molecule has 0 fully saturated rings. The minimum absolute atomic E-state index is 0.0866. The van der Waals surface area contributed by atoms with Crippen molar-refractivity contribution in [2.75, 3.05) is 27.2 Å². The summed E-state index contributed by atoms with van der Waals surface area (Å²) in [5, 5.41) is 5.57. The molecular formula is C22H25FN4O2. The van der Waals surface area contributed by atoms with Crippen LogP contribution in [0.4, 0.5) is 4.39 Å². The number of hydrogen-bond donors (Lipinski definition) is 0. The van der Waals surface area contributed by atoms with Crippen molar-refractivity contribution in [2.24, 2.45) is 7.05 Å². The minimum atomic E-state index is -0.305. The predicted octanol–water partition coefficient (Wildman–Crippen LogP) is 2.21. The van der Waals surface area contributed by atoms with Crippen LogP contribution < -0.4 is 5.56 Å². The number of aromatic nitrogens is 2. The Labute approximate surface area is 169 Å². The summed E-state index contributed by atoms with van der Waals surface area (Å²) >= 11 is 0. The third-order valence-corrected chi connectivity index (χ3v) is 4.81. The van der Waals surface area contributed by atoms with Gasteiger partial charge in [-0.05, 0) is 37.9 Å². The minimum Gasteiger partial charge on any atom is -0.337 e. The van der Waals surface area contributed by atoms with E-state index in [0.29, 0.717) is 36.1 Å². The van der Waals surface area contributed by atoms with Gasteiger partial charge in [-0.2, -0.15) is 5.10 Å². The van der Waals surface area contributed by atoms with E-state index in [0.717, 1.165) is 5.56 Å². The maximum atomic E-state index is 13.2. The van der Waals surface area contributed by atoms with Crippen LogP contribution >= 0.6 is 0 Å². The Morgan fingerprint density at radius 3 is 2.34 bits per heavy atom. The van der Waals surface area contributed by atoms with E-state index in [2.05, 4.69) is 5.10 Å². The molecule has 0 saturated carbocycles. The Bertz CT molecular complexity index is 1060. The molecule has 1 amide bonds. The second-order valence-electron chi connectivity index (χ2n) is 7.34. The highest BCUT2D eigenvalue weighted by Crippen LogP contribution is 2.15. The summed E-state index contributed by atoms with van der Waals surface area (Å²) in [6.45, 7) is 1.62. The van der Waals surface area contributed by atoms with E-state index in [9.17, 15) is 14.0 Å². The second kappa shape index (κ2) is 8.96. The van der Waals surface area contributed by atoms with Gasteiger partial charge in [0.2, 0.25) is 5.91 Å². The van der Waals surface area contributed by atoms with E-state index >= 15 is 0 Å². The molecule has 3 aromatic rings. The molecule has 0 saturated heterocycles. The van der Waals surface area contributed by atoms with Crippen molar-refractivity contribution in [1.82, 2.24) is 19.6 Å². The molecule has 0 aliphatic carbocycles. The molecule has 1 heterocycles. The van der Waals surface area contributed by atoms with E-state index in [-0.39, 0.29) is 23.7 Å². The van der Waals surface area contributed by atoms with E-state index in [4.69, 9.17) is 0 Å². The molecule has 0 atom stereocenters. The first-order chi connectivity index (χ1) is 13.8. The average Bonchev–Trinajstić information content (AvgIpc) is 2.70. The number of fused-ring (bicyclic) bond motifs is 1. The molecular weight excluding hydrogens is 371 g/mol. The molecule has 152 valence electrons. The van der Waals surface area contributed by atoms with E-state index < -0.39 is 0 Å². The summed E-state index contributed by atoms with van der Waals surface area (Å²) < 4.78 is 14.5. The van der Waals surface area contributed by atoms with Crippen LogP contribution in [-0.4, -0.2) is 52.7 Å². The standard InChI is InChI=1S/C22H25FN4O2/c1-25(2)12-13-27(15-16-8-10-17(23)11-9-16)21(28)14-20-18-6-4-5-7-19(18)22(29)26(3)24-20/h4-11H,12-15H2,1-3H3. The van der Waals surface area contributed by atoms with Crippen LogP contribution in [0.15, 0.2) is 53.3 Å². The third kappa shape index (κ3) is 5.06. The summed E-state index contributed by atoms with van der Waals surface area (Å²) in [4.78, 5) is 29.2. The Morgan fingerprint density at radius 2 is 1.69 bits per heavy atom. The maximum absolute atomic E-state index is 13.2. The monoisotopic (exact) mass is 396 g/mol. The summed E-state index contributed by atoms with van der Waals surface area (Å²) in [5.41, 5.74) is 1.24. The molecule has 0 radical (unpaired) electrons. The fourth-order valence-corrected chi connectivity index (χ4v) is 3.18. The molecule has 29 heavy (non-hydrogen) atoms. The zero-order valence-electron chi connectivity index (χ0n) is 16.9. The molecule has 0 unspecified atom stereocenters. The van der Waals surface area contributed by atoms with Crippen molar-refractivity contribution in [3.63, 3.8) is 0 Å². The lowest BCUT2D eigenvalue weighted by Gasteiger charge is -2.25. The fraction of sp³-hybridized carbons (Fsp3) is 0.318. The highest BCUT2D eigenvalue weighted by Gasteiger charge is 2.18. The average molecular weight is 396 g/mol. The molecule has 0 spiro atoms. The Balaban J connectivity index is 1.88. The van der Waals surface area contributed by atoms with Crippen LogP contribution in [0.25, 0.3) is 10.8 Å². The van der Waals surface area contributed by atoms with Crippen LogP contribution in [0.2, 0.25) is 0 Å². The molecule has 0 aliphatic heterocycles. The number of aryl methyl sites for hydroxylation is 1. The van der Waals surface area contributed by atoms with Gasteiger partial charge in [-0.25, -0.2) is 9.07 Å². The topological polar surface area (TPSA) is 58.4 Å². The Hall–Kier alpha value is -3.06. The predicted molar refractivity (Wildman–Crippen MR) is 111 cm³/mol. The van der Waals surface area contributed by atoms with Crippen LogP contribution in [-0.2, 0) is 24.8 Å². The van der Waals surface area contributed by atoms with E-state index in [1.54, 1.807) is 36.2 Å². The summed E-state index contributed by atoms with van der Waals surface area (Å²) in [7, 11) is 5.48. The fourth-order valence-electron chi connectivity index (χ4n) is 3.18. The van der Waals surface area contributed by atoms with Crippen molar-refractivity contribution < 1.29 is 9.18 Å². The first-order valence-electron chi connectivity index (χ1n) is 9.47. The van der Waals surface area contributed by atoms with E-state index in [1.807, 2.05) is 31.1 Å². The smallest absolute Gasteiger partial charge is 0.274 e. The molecule has 0 bridgehead atoms. The Kier molecular flexibility index (Phi) is 6.39. The number of carbonyl (C=O) groups is 1. The van der Waals surface area contributed by atoms with E-state index in [1.165, 1.54) is 16.8 Å². The molecule has 0 N–H and O–H groups in total. The van der Waals surface area contributed by atoms with Crippen molar-refractivity contribution in [1.29, 1.82) is 0 Å². The van der Waals surface area contributed by atoms with Crippen molar-refractivity contribution in [3.8, 4) is 0 Å². The lowest BCUT2D eigenvalue weighted by Crippen LogP contribution is -2.37. The van der Waals surface area contributed by atoms with Crippen molar-refractivity contribution >= 4 is 16.7 Å². The number of halogens is 1. The van der Waals surface area contributed by atoms with Gasteiger partial charge >= 0.3 is 0 Å². The van der Waals surface area contributed by atoms with Gasteiger partial charge in [0.05, 0.1) is 17.5 Å². The van der Waals surface area contributed by atoms with Crippen molar-refractivity contribution in [3.05, 3.63) is 76.0 Å². The molecule has 6 nitrogen and oxygen atoms in total. The van der Waals surface area contributed by atoms with Gasteiger partial charge in [0.25, 0.3) is 5.56 Å². The first kappa shape index (κ1) is 20.7. The summed E-state index contributed by atoms with van der Waals surface area (Å²) in [5.74, 6) is -0.395. The number of likely N-dealkylation sites (N-methyl/N-ethyl adjacent to an activating group) is 1. The number of benzene rings is 2. The highest BCUT2D eigenvalue weighted by atomic mass is 19.1. The lowest BCUT2D eigenvalue weighted by atomic mass is 10.1. The lowest BCUT2D eigenvalue weighted by molar-refractivity contribution is -0.131. The molecule has 3 rings (SSSR count). The molecule has 0 aliphatic rings. The van der Waals surface area contributed by atoms with Crippen LogP contribution in [0.3, 0.4) is 0 Å². The maximum Gasteiger partial charge on any atom is 0.274 e. The van der Waals surface area contributed by atoms with Gasteiger partial charge in [0.1, 0.15) is 5.82 Å². The third-order valence-electron chi connectivity index (χ3n) is 4.81. The number of nitrogens with zero attached hydrogens (tertiary/aromatic N) is 4. The SMILES string of the molecule is CN(C)CCN(Cc1ccc(F)cc1)C(=O)Cc1nn(C)c(=O)c2ccccc12. The van der Waals surface area contributed by atoms with Gasteiger partial charge in [0, 0.05) is 32.1 Å². The zero-order valence-corrected chi connectivity index (χ0v) is 16.9. The zero-order chi connectivity index (χ0) is 21.0. The number of amides is 1. The highest BCUT2D eigenvalue weighted by molar-refractivity contribution is 5.88. The number of carbonyl (C=O) groups excluding carboxylic acids is 1. The number of rotatable bonds is 7. The van der Waals surface area contributed by atoms with Gasteiger partial charge in [-0.1, -0.05) is 30.3 Å². The van der Waals surface area contributed by atoms with Gasteiger partial charge in [0.15, 0.2) is 0 Å². The van der Waals surface area contributed by atoms with Crippen LogP contribution in [0.1, 0.15) is 11.3 Å². The van der Waals surface area contributed by atoms with Gasteiger partial charge in [-0.3, -0.25) is 9.59 Å². The Morgan fingerprint density at radius 1 is 1.03 bits per heavy atom. The van der Waals surface area contributed by atoms with Gasteiger partial charge < -0.3 is 9.80 Å². The van der Waals surface area contributed by atoms with Crippen LogP contribution in [0, 0.1) is 5.82 Å². The number of hydrogen-bond acceptors (Lipinski definition) is 4. The molecule has 1 aromatic heterocycles. The normalized spacial score (nSPS) is 11.2. The quantitative estimate of drug-likeness (QED) is 0.614.